The molecule has 0 aliphatic heterocycles. The molecule has 0 amide bonds. The van der Waals surface area contributed by atoms with Crippen LogP contribution in [0.3, 0.4) is 0 Å². The molecule has 0 saturated carbocycles. The Bertz CT molecular complexity index is 321. The molecular weight excluding hydrogens is 328 g/mol. The number of hydrogen-bond donors (Lipinski definition) is 6. The highest BCUT2D eigenvalue weighted by atomic mass is 17.1. The summed E-state index contributed by atoms with van der Waals surface area (Å²) in [5.74, 6) is -0.476. The molecule has 0 spiro atoms. The Labute approximate surface area is 139 Å². The first-order chi connectivity index (χ1) is 11.4. The number of nitrogens with two attached hydrogens (primary N) is 2. The van der Waals surface area contributed by atoms with Gasteiger partial charge in [-0.2, -0.15) is 0 Å². The quantitative estimate of drug-likeness (QED) is 0.126. The molecule has 0 rings (SSSR count). The maximum Gasteiger partial charge on any atom is 0.322 e. The van der Waals surface area contributed by atoms with Gasteiger partial charge < -0.3 is 16.2 Å². The SMILES string of the molecule is NCCCCC(N)C(=O)OCCCCC(CON(O)O)ON(O)O. The fraction of sp³-hybridized carbons (Fsp3) is 0.917. The van der Waals surface area contributed by atoms with Gasteiger partial charge in [-0.05, 0) is 38.6 Å². The van der Waals surface area contributed by atoms with Crippen molar-refractivity contribution in [2.24, 2.45) is 11.5 Å². The predicted molar refractivity (Wildman–Crippen MR) is 77.3 cm³/mol. The molecule has 2 atom stereocenters. The van der Waals surface area contributed by atoms with Gasteiger partial charge in [0.2, 0.25) is 0 Å². The van der Waals surface area contributed by atoms with Crippen LogP contribution < -0.4 is 11.5 Å². The van der Waals surface area contributed by atoms with E-state index in [2.05, 4.69) is 9.68 Å². The van der Waals surface area contributed by atoms with Crippen LogP contribution in [0.15, 0.2) is 0 Å². The van der Waals surface area contributed by atoms with Crippen LogP contribution in [0.25, 0.3) is 0 Å². The normalized spacial score (nSPS) is 14.2. The molecule has 0 heterocycles. The molecule has 0 aromatic rings. The van der Waals surface area contributed by atoms with Crippen molar-refractivity contribution >= 4 is 5.97 Å². The summed E-state index contributed by atoms with van der Waals surface area (Å²) >= 11 is 0. The summed E-state index contributed by atoms with van der Waals surface area (Å²) in [6.07, 6.45) is 2.49. The number of nitrogens with zero attached hydrogens (tertiary/aromatic N) is 2. The van der Waals surface area contributed by atoms with Crippen LogP contribution in [0.5, 0.6) is 0 Å². The van der Waals surface area contributed by atoms with Crippen LogP contribution in [-0.2, 0) is 19.2 Å². The second-order valence-corrected chi connectivity index (χ2v) is 5.08. The predicted octanol–water partition coefficient (Wildman–Crippen LogP) is -0.451. The molecule has 12 heteroatoms. The minimum atomic E-state index is -0.851. The van der Waals surface area contributed by atoms with Crippen LogP contribution in [-0.4, -0.2) is 69.5 Å². The largest absolute Gasteiger partial charge is 0.465 e. The molecule has 2 unspecified atom stereocenters. The lowest BCUT2D eigenvalue weighted by Gasteiger charge is -2.19. The highest BCUT2D eigenvalue weighted by Gasteiger charge is 2.16. The van der Waals surface area contributed by atoms with Gasteiger partial charge in [0.05, 0.1) is 17.4 Å². The molecular formula is C12H28N4O8. The van der Waals surface area contributed by atoms with E-state index < -0.39 is 28.9 Å². The van der Waals surface area contributed by atoms with Gasteiger partial charge in [-0.1, -0.05) is 6.42 Å². The lowest BCUT2D eigenvalue weighted by Crippen LogP contribution is -2.32. The van der Waals surface area contributed by atoms with E-state index in [4.69, 9.17) is 37.0 Å². The first-order valence-electron chi connectivity index (χ1n) is 7.64. The molecule has 0 saturated heterocycles. The average Bonchev–Trinajstić information content (AvgIpc) is 2.51. The summed E-state index contributed by atoms with van der Waals surface area (Å²) in [5, 5.41) is 33.0. The Morgan fingerprint density at radius 2 is 1.67 bits per heavy atom. The van der Waals surface area contributed by atoms with Crippen molar-refractivity contribution in [3.8, 4) is 0 Å². The van der Waals surface area contributed by atoms with Gasteiger partial charge >= 0.3 is 5.97 Å². The van der Waals surface area contributed by atoms with Crippen LogP contribution >= 0.6 is 0 Å². The van der Waals surface area contributed by atoms with Gasteiger partial charge in [0.25, 0.3) is 0 Å². The molecule has 0 aliphatic rings. The zero-order valence-corrected chi connectivity index (χ0v) is 13.5. The molecule has 0 aromatic heterocycles. The third-order valence-electron chi connectivity index (χ3n) is 3.06. The Morgan fingerprint density at radius 1 is 1.00 bits per heavy atom. The van der Waals surface area contributed by atoms with Gasteiger partial charge in [0.15, 0.2) is 0 Å². The second-order valence-electron chi connectivity index (χ2n) is 5.08. The number of ether oxygens (including phenoxy) is 1. The van der Waals surface area contributed by atoms with Crippen molar-refractivity contribution in [1.82, 2.24) is 10.8 Å². The summed E-state index contributed by atoms with van der Waals surface area (Å²) in [6, 6.07) is -0.668. The Hall–Kier alpha value is -0.930. The molecule has 0 fully saturated rings. The number of hydrogen-bond acceptors (Lipinski definition) is 12. The molecule has 12 nitrogen and oxygen atoms in total. The van der Waals surface area contributed by atoms with Crippen molar-refractivity contribution in [2.75, 3.05) is 19.8 Å². The highest BCUT2D eigenvalue weighted by molar-refractivity contribution is 5.75. The maximum absolute atomic E-state index is 11.6. The topological polar surface area (TPSA) is 184 Å². The summed E-state index contributed by atoms with van der Waals surface area (Å²) < 4.78 is 5.03. The van der Waals surface area contributed by atoms with E-state index in [-0.39, 0.29) is 19.6 Å². The lowest BCUT2D eigenvalue weighted by atomic mass is 10.1. The van der Waals surface area contributed by atoms with Crippen molar-refractivity contribution in [3.05, 3.63) is 0 Å². The van der Waals surface area contributed by atoms with Gasteiger partial charge in [-0.15, -0.1) is 0 Å². The zero-order chi connectivity index (χ0) is 18.4. The minimum Gasteiger partial charge on any atom is -0.465 e. The van der Waals surface area contributed by atoms with Crippen LogP contribution in [0.1, 0.15) is 38.5 Å². The fourth-order valence-corrected chi connectivity index (χ4v) is 1.83. The first-order valence-corrected chi connectivity index (χ1v) is 7.64. The van der Waals surface area contributed by atoms with E-state index >= 15 is 0 Å². The minimum absolute atomic E-state index is 0.158. The van der Waals surface area contributed by atoms with Crippen molar-refractivity contribution in [1.29, 1.82) is 0 Å². The van der Waals surface area contributed by atoms with Gasteiger partial charge in [0.1, 0.15) is 18.8 Å². The number of unbranched alkanes of at least 4 members (excludes halogenated alkanes) is 2. The van der Waals surface area contributed by atoms with E-state index in [1.54, 1.807) is 0 Å². The Kier molecular flexibility index (Phi) is 13.9. The van der Waals surface area contributed by atoms with Gasteiger partial charge in [0, 0.05) is 0 Å². The van der Waals surface area contributed by atoms with Crippen LogP contribution in [0, 0.1) is 0 Å². The molecule has 24 heavy (non-hydrogen) atoms. The number of carbonyl (C=O) groups is 1. The third-order valence-corrected chi connectivity index (χ3v) is 3.06. The summed E-state index contributed by atoms with van der Waals surface area (Å²) in [5.41, 5.74) is 11.0. The summed E-state index contributed by atoms with van der Waals surface area (Å²) in [7, 11) is 0. The zero-order valence-electron chi connectivity index (χ0n) is 13.5. The molecule has 0 aliphatic carbocycles. The van der Waals surface area contributed by atoms with Crippen LogP contribution in [0.2, 0.25) is 0 Å². The van der Waals surface area contributed by atoms with Crippen molar-refractivity contribution in [3.63, 3.8) is 0 Å². The Morgan fingerprint density at radius 3 is 2.25 bits per heavy atom. The molecule has 0 radical (unpaired) electrons. The molecule has 8 N–H and O–H groups in total. The molecule has 0 aromatic carbocycles. The Balaban J connectivity index is 3.84. The highest BCUT2D eigenvalue weighted by Crippen LogP contribution is 2.08. The lowest BCUT2D eigenvalue weighted by molar-refractivity contribution is -0.527. The van der Waals surface area contributed by atoms with Crippen molar-refractivity contribution in [2.45, 2.75) is 50.7 Å². The van der Waals surface area contributed by atoms with E-state index in [9.17, 15) is 4.79 Å². The average molecular weight is 356 g/mol. The van der Waals surface area contributed by atoms with E-state index in [1.165, 1.54) is 0 Å². The number of rotatable bonds is 15. The summed E-state index contributed by atoms with van der Waals surface area (Å²) in [4.78, 5) is 20.5. The van der Waals surface area contributed by atoms with E-state index in [0.29, 0.717) is 25.8 Å². The van der Waals surface area contributed by atoms with E-state index in [0.717, 1.165) is 12.8 Å². The maximum atomic E-state index is 11.6. The van der Waals surface area contributed by atoms with Crippen molar-refractivity contribution < 1.29 is 40.0 Å². The van der Waals surface area contributed by atoms with E-state index in [1.807, 2.05) is 0 Å². The standard InChI is InChI=1S/C12H28N4O8/c13-7-3-1-6-11(14)12(17)22-8-4-2-5-10(24-16(20)21)9-23-15(18)19/h10-11,18-21H,1-9,13-14H2. The fourth-order valence-electron chi connectivity index (χ4n) is 1.83. The van der Waals surface area contributed by atoms with Gasteiger partial charge in [-0.3, -0.25) is 25.6 Å². The smallest absolute Gasteiger partial charge is 0.322 e. The first kappa shape index (κ1) is 23.1. The third kappa shape index (κ3) is 13.5. The monoisotopic (exact) mass is 356 g/mol. The number of esters is 1. The van der Waals surface area contributed by atoms with Gasteiger partial charge in [-0.25, -0.2) is 9.68 Å². The van der Waals surface area contributed by atoms with Crippen LogP contribution in [0.4, 0.5) is 0 Å². The number of carbonyl (C=O) groups excluding carboxylic acids is 1. The molecule has 144 valence electrons. The molecule has 0 bridgehead atoms. The summed E-state index contributed by atoms with van der Waals surface area (Å²) in [6.45, 7) is 0.375. The second kappa shape index (κ2) is 14.4.